The number of nitrogens with one attached hydrogen (secondary N) is 2. The van der Waals surface area contributed by atoms with E-state index >= 15 is 0 Å². The van der Waals surface area contributed by atoms with Gasteiger partial charge in [0.2, 0.25) is 11.8 Å². The van der Waals surface area contributed by atoms with E-state index < -0.39 is 5.92 Å². The van der Waals surface area contributed by atoms with Gasteiger partial charge in [0.25, 0.3) is 0 Å². The minimum absolute atomic E-state index is 0.0845. The Balaban J connectivity index is 1.69. The Kier molecular flexibility index (Phi) is 4.45. The van der Waals surface area contributed by atoms with Crippen LogP contribution in [0.25, 0.3) is 0 Å². The number of aromatic nitrogens is 3. The molecule has 2 aromatic rings. The van der Waals surface area contributed by atoms with Crippen molar-refractivity contribution in [2.45, 2.75) is 19.9 Å². The van der Waals surface area contributed by atoms with Gasteiger partial charge in [-0.25, -0.2) is 4.98 Å². The molecule has 24 heavy (non-hydrogen) atoms. The largest absolute Gasteiger partial charge is 0.495 e. The maximum absolute atomic E-state index is 12.4. The van der Waals surface area contributed by atoms with Gasteiger partial charge in [-0.2, -0.15) is 5.10 Å². The zero-order valence-corrected chi connectivity index (χ0v) is 13.6. The smallest absolute Gasteiger partial charge is 0.227 e. The summed E-state index contributed by atoms with van der Waals surface area (Å²) >= 11 is 0. The highest BCUT2D eigenvalue weighted by Gasteiger charge is 2.36. The lowest BCUT2D eigenvalue weighted by Crippen LogP contribution is -2.33. The number of hydrogen-bond acceptors (Lipinski definition) is 5. The Hall–Kier alpha value is -2.90. The van der Waals surface area contributed by atoms with Gasteiger partial charge < -0.3 is 15.0 Å². The van der Waals surface area contributed by atoms with Gasteiger partial charge in [-0.3, -0.25) is 14.7 Å². The van der Waals surface area contributed by atoms with Crippen LogP contribution in [0.3, 0.4) is 0 Å². The SMILES string of the molecule is COc1ccc(C)cc1N1CC(C(=O)NCc2ncn[nH]2)CC1=O. The lowest BCUT2D eigenvalue weighted by Gasteiger charge is -2.20. The van der Waals surface area contributed by atoms with E-state index in [-0.39, 0.29) is 24.8 Å². The molecular formula is C16H19N5O3. The fraction of sp³-hybridized carbons (Fsp3) is 0.375. The fourth-order valence-electron chi connectivity index (χ4n) is 2.76. The lowest BCUT2D eigenvalue weighted by molar-refractivity contribution is -0.126. The molecule has 1 saturated heterocycles. The molecule has 1 fully saturated rings. The van der Waals surface area contributed by atoms with E-state index in [0.29, 0.717) is 23.8 Å². The van der Waals surface area contributed by atoms with Crippen LogP contribution in [0.2, 0.25) is 0 Å². The highest BCUT2D eigenvalue weighted by molar-refractivity contribution is 6.01. The van der Waals surface area contributed by atoms with Crippen molar-refractivity contribution < 1.29 is 14.3 Å². The molecule has 0 aliphatic carbocycles. The van der Waals surface area contributed by atoms with Crippen LogP contribution in [0.5, 0.6) is 5.75 Å². The molecule has 2 amide bonds. The van der Waals surface area contributed by atoms with Gasteiger partial charge >= 0.3 is 0 Å². The summed E-state index contributed by atoms with van der Waals surface area (Å²) in [6.07, 6.45) is 1.56. The summed E-state index contributed by atoms with van der Waals surface area (Å²) in [5, 5.41) is 9.18. The number of methoxy groups -OCH3 is 1. The quantitative estimate of drug-likeness (QED) is 0.845. The number of aryl methyl sites for hydroxylation is 1. The van der Waals surface area contributed by atoms with Gasteiger partial charge in [0, 0.05) is 13.0 Å². The van der Waals surface area contributed by atoms with E-state index in [1.807, 2.05) is 25.1 Å². The Bertz CT molecular complexity index is 744. The normalized spacial score (nSPS) is 17.2. The first-order valence-corrected chi connectivity index (χ1v) is 7.65. The number of ether oxygens (including phenoxy) is 1. The van der Waals surface area contributed by atoms with Gasteiger partial charge in [-0.05, 0) is 24.6 Å². The predicted octanol–water partition coefficient (Wildman–Crippen LogP) is 0.791. The van der Waals surface area contributed by atoms with Gasteiger partial charge in [-0.15, -0.1) is 0 Å². The highest BCUT2D eigenvalue weighted by atomic mass is 16.5. The molecule has 126 valence electrons. The summed E-state index contributed by atoms with van der Waals surface area (Å²) in [4.78, 5) is 30.2. The molecule has 8 heteroatoms. The van der Waals surface area contributed by atoms with Crippen LogP contribution in [-0.4, -0.2) is 40.7 Å². The maximum atomic E-state index is 12.4. The number of amides is 2. The highest BCUT2D eigenvalue weighted by Crippen LogP contribution is 2.33. The molecule has 1 unspecified atom stereocenters. The molecule has 1 atom stereocenters. The molecular weight excluding hydrogens is 310 g/mol. The number of nitrogens with zero attached hydrogens (tertiary/aromatic N) is 3. The molecule has 0 saturated carbocycles. The Labute approximate surface area is 139 Å². The topological polar surface area (TPSA) is 100 Å². The molecule has 1 aromatic carbocycles. The van der Waals surface area contributed by atoms with E-state index in [1.54, 1.807) is 12.0 Å². The summed E-state index contributed by atoms with van der Waals surface area (Å²) in [5.74, 6) is 0.541. The molecule has 0 bridgehead atoms. The number of aromatic amines is 1. The van der Waals surface area contributed by atoms with Crippen LogP contribution in [0, 0.1) is 12.8 Å². The van der Waals surface area contributed by atoms with E-state index in [2.05, 4.69) is 20.5 Å². The number of rotatable bonds is 5. The zero-order chi connectivity index (χ0) is 17.1. The first-order valence-electron chi connectivity index (χ1n) is 7.65. The number of hydrogen-bond donors (Lipinski definition) is 2. The molecule has 2 N–H and O–H groups in total. The van der Waals surface area contributed by atoms with Gasteiger partial charge in [0.05, 0.1) is 25.3 Å². The molecule has 3 rings (SSSR count). The summed E-state index contributed by atoms with van der Waals surface area (Å²) in [7, 11) is 1.57. The van der Waals surface area contributed by atoms with E-state index in [1.165, 1.54) is 6.33 Å². The average Bonchev–Trinajstić information content (AvgIpc) is 3.22. The first-order chi connectivity index (χ1) is 11.6. The Morgan fingerprint density at radius 3 is 3.04 bits per heavy atom. The van der Waals surface area contributed by atoms with Crippen LogP contribution in [0.1, 0.15) is 17.8 Å². The first kappa shape index (κ1) is 16.0. The van der Waals surface area contributed by atoms with Gasteiger partial charge in [0.1, 0.15) is 17.9 Å². The second-order valence-electron chi connectivity index (χ2n) is 5.73. The van der Waals surface area contributed by atoms with Gasteiger partial charge in [0.15, 0.2) is 0 Å². The third-order valence-electron chi connectivity index (χ3n) is 4.02. The summed E-state index contributed by atoms with van der Waals surface area (Å²) in [6.45, 7) is 2.54. The summed E-state index contributed by atoms with van der Waals surface area (Å²) < 4.78 is 5.34. The Morgan fingerprint density at radius 1 is 1.50 bits per heavy atom. The number of carbonyl (C=O) groups excluding carboxylic acids is 2. The summed E-state index contributed by atoms with van der Waals surface area (Å²) in [6, 6.07) is 5.64. The van der Waals surface area contributed by atoms with E-state index in [9.17, 15) is 9.59 Å². The molecule has 0 radical (unpaired) electrons. The standard InChI is InChI=1S/C16H19N5O3/c1-10-3-4-13(24-2)12(5-10)21-8-11(6-15(21)22)16(23)17-7-14-18-9-19-20-14/h3-5,9,11H,6-8H2,1-2H3,(H,17,23)(H,18,19,20). The minimum atomic E-state index is -0.398. The molecule has 2 heterocycles. The molecule has 1 aliphatic heterocycles. The summed E-state index contributed by atoms with van der Waals surface area (Å²) in [5.41, 5.74) is 1.73. The second-order valence-corrected chi connectivity index (χ2v) is 5.73. The van der Waals surface area contributed by atoms with Crippen molar-refractivity contribution in [3.05, 3.63) is 35.9 Å². The van der Waals surface area contributed by atoms with E-state index in [4.69, 9.17) is 4.74 Å². The van der Waals surface area contributed by atoms with Crippen LogP contribution in [-0.2, 0) is 16.1 Å². The number of H-pyrrole nitrogens is 1. The second kappa shape index (κ2) is 6.69. The molecule has 0 spiro atoms. The van der Waals surface area contributed by atoms with Crippen molar-refractivity contribution in [2.24, 2.45) is 5.92 Å². The maximum Gasteiger partial charge on any atom is 0.227 e. The van der Waals surface area contributed by atoms with Crippen molar-refractivity contribution in [3.63, 3.8) is 0 Å². The van der Waals surface area contributed by atoms with Crippen molar-refractivity contribution in [1.82, 2.24) is 20.5 Å². The zero-order valence-electron chi connectivity index (χ0n) is 13.6. The van der Waals surface area contributed by atoms with Crippen LogP contribution >= 0.6 is 0 Å². The average molecular weight is 329 g/mol. The predicted molar refractivity (Wildman–Crippen MR) is 86.4 cm³/mol. The third kappa shape index (κ3) is 3.22. The lowest BCUT2D eigenvalue weighted by atomic mass is 10.1. The van der Waals surface area contributed by atoms with E-state index in [0.717, 1.165) is 5.56 Å². The number of carbonyl (C=O) groups is 2. The monoisotopic (exact) mass is 329 g/mol. The van der Waals surface area contributed by atoms with Crippen molar-refractivity contribution in [3.8, 4) is 5.75 Å². The van der Waals surface area contributed by atoms with Crippen molar-refractivity contribution >= 4 is 17.5 Å². The minimum Gasteiger partial charge on any atom is -0.495 e. The van der Waals surface area contributed by atoms with Crippen LogP contribution < -0.4 is 15.0 Å². The van der Waals surface area contributed by atoms with Gasteiger partial charge in [-0.1, -0.05) is 6.07 Å². The number of anilines is 1. The molecule has 8 nitrogen and oxygen atoms in total. The number of benzene rings is 1. The molecule has 1 aromatic heterocycles. The Morgan fingerprint density at radius 2 is 2.33 bits per heavy atom. The van der Waals surface area contributed by atoms with Crippen molar-refractivity contribution in [1.29, 1.82) is 0 Å². The van der Waals surface area contributed by atoms with Crippen LogP contribution in [0.15, 0.2) is 24.5 Å². The van der Waals surface area contributed by atoms with Crippen LogP contribution in [0.4, 0.5) is 5.69 Å². The fourth-order valence-corrected chi connectivity index (χ4v) is 2.76. The molecule has 1 aliphatic rings. The van der Waals surface area contributed by atoms with Crippen molar-refractivity contribution in [2.75, 3.05) is 18.6 Å². The third-order valence-corrected chi connectivity index (χ3v) is 4.02.